The minimum atomic E-state index is -1.50. The molecule has 12 heteroatoms. The number of aliphatic carboxylic acids is 2. The molecule has 0 aromatic carbocycles. The molecule has 6 N–H and O–H groups in total. The first-order valence-electron chi connectivity index (χ1n) is 10.3. The van der Waals surface area contributed by atoms with Crippen molar-refractivity contribution in [3.63, 3.8) is 0 Å². The summed E-state index contributed by atoms with van der Waals surface area (Å²) in [4.78, 5) is 63.1. The Balaban J connectivity index is 2.07. The molecule has 3 amide bonds. The van der Waals surface area contributed by atoms with Gasteiger partial charge in [-0.1, -0.05) is 0 Å². The highest BCUT2D eigenvalue weighted by Gasteiger charge is 2.43. The minimum Gasteiger partial charge on any atom is -0.481 e. The van der Waals surface area contributed by atoms with Gasteiger partial charge in [-0.05, 0) is 39.0 Å². The molecule has 0 aliphatic carbocycles. The highest BCUT2D eigenvalue weighted by atomic mass is 16.4. The summed E-state index contributed by atoms with van der Waals surface area (Å²) in [5, 5.41) is 29.8. The molecular weight excluding hydrogens is 412 g/mol. The van der Waals surface area contributed by atoms with Crippen LogP contribution in [-0.2, 0) is 24.0 Å². The molecule has 0 radical (unpaired) electrons. The molecule has 2 rings (SSSR count). The standard InChI is InChI=1S/C19H30N4O8/c1-10(24)15(19(30)31)21-16(27)12-4-2-8-22(12)18(29)13-5-3-9-23(13)17(28)11(20)6-7-14(25)26/h10-13,15,24H,2-9,20H2,1H3,(H,21,27)(H,25,26)(H,30,31). The van der Waals surface area contributed by atoms with Gasteiger partial charge in [0.2, 0.25) is 17.7 Å². The second-order valence-corrected chi connectivity index (χ2v) is 7.98. The van der Waals surface area contributed by atoms with E-state index in [4.69, 9.17) is 15.9 Å². The van der Waals surface area contributed by atoms with Crippen molar-refractivity contribution in [3.8, 4) is 0 Å². The topological polar surface area (TPSA) is 191 Å². The quantitative estimate of drug-likeness (QED) is 0.272. The Bertz CT molecular complexity index is 728. The van der Waals surface area contributed by atoms with Crippen LogP contribution in [0.4, 0.5) is 0 Å². The van der Waals surface area contributed by atoms with Crippen LogP contribution in [0.5, 0.6) is 0 Å². The fraction of sp³-hybridized carbons (Fsp3) is 0.737. The molecule has 5 unspecified atom stereocenters. The second kappa shape index (κ2) is 10.5. The van der Waals surface area contributed by atoms with Gasteiger partial charge in [0.25, 0.3) is 0 Å². The second-order valence-electron chi connectivity index (χ2n) is 7.98. The number of carbonyl (C=O) groups excluding carboxylic acids is 3. The van der Waals surface area contributed by atoms with E-state index in [1.807, 2.05) is 0 Å². The first-order chi connectivity index (χ1) is 14.5. The van der Waals surface area contributed by atoms with Gasteiger partial charge in [0.1, 0.15) is 12.1 Å². The molecule has 0 aromatic rings. The van der Waals surface area contributed by atoms with Gasteiger partial charge in [-0.15, -0.1) is 0 Å². The van der Waals surface area contributed by atoms with Crippen LogP contribution in [0.15, 0.2) is 0 Å². The molecule has 2 aliphatic heterocycles. The Kier molecular flexibility index (Phi) is 8.34. The van der Waals surface area contributed by atoms with Gasteiger partial charge in [0.05, 0.1) is 12.1 Å². The summed E-state index contributed by atoms with van der Waals surface area (Å²) in [5.41, 5.74) is 5.83. The van der Waals surface area contributed by atoms with Gasteiger partial charge >= 0.3 is 11.9 Å². The van der Waals surface area contributed by atoms with Crippen LogP contribution in [-0.4, -0.2) is 98.1 Å². The Morgan fingerprint density at radius 2 is 1.61 bits per heavy atom. The van der Waals surface area contributed by atoms with E-state index < -0.39 is 59.9 Å². The Morgan fingerprint density at radius 3 is 2.16 bits per heavy atom. The fourth-order valence-corrected chi connectivity index (χ4v) is 4.04. The number of carboxylic acid groups (broad SMARTS) is 2. The SMILES string of the molecule is CC(O)C(NC(=O)C1CCCN1C(=O)C1CCCN1C(=O)C(N)CCC(=O)O)C(=O)O. The fourth-order valence-electron chi connectivity index (χ4n) is 4.04. The van der Waals surface area contributed by atoms with E-state index in [1.165, 1.54) is 16.7 Å². The van der Waals surface area contributed by atoms with Crippen molar-refractivity contribution in [2.24, 2.45) is 5.73 Å². The first-order valence-corrected chi connectivity index (χ1v) is 10.3. The molecule has 2 heterocycles. The molecule has 31 heavy (non-hydrogen) atoms. The van der Waals surface area contributed by atoms with Crippen LogP contribution in [0, 0.1) is 0 Å². The van der Waals surface area contributed by atoms with Crippen molar-refractivity contribution in [2.75, 3.05) is 13.1 Å². The summed E-state index contributed by atoms with van der Waals surface area (Å²) >= 11 is 0. The van der Waals surface area contributed by atoms with Crippen LogP contribution in [0.3, 0.4) is 0 Å². The monoisotopic (exact) mass is 442 g/mol. The lowest BCUT2D eigenvalue weighted by Crippen LogP contribution is -2.57. The highest BCUT2D eigenvalue weighted by molar-refractivity contribution is 5.95. The maximum atomic E-state index is 13.2. The number of hydrogen-bond acceptors (Lipinski definition) is 7. The Hall–Kier alpha value is -2.73. The Morgan fingerprint density at radius 1 is 1.03 bits per heavy atom. The molecule has 0 bridgehead atoms. The molecule has 2 saturated heterocycles. The number of carbonyl (C=O) groups is 5. The number of nitrogens with two attached hydrogens (primary N) is 1. The number of carboxylic acids is 2. The molecule has 2 aliphatic rings. The van der Waals surface area contributed by atoms with Crippen LogP contribution >= 0.6 is 0 Å². The molecule has 0 aromatic heterocycles. The number of aliphatic hydroxyl groups is 1. The number of rotatable bonds is 9. The van der Waals surface area contributed by atoms with Crippen LogP contribution in [0.1, 0.15) is 45.4 Å². The zero-order valence-corrected chi connectivity index (χ0v) is 17.4. The average molecular weight is 442 g/mol. The maximum Gasteiger partial charge on any atom is 0.328 e. The van der Waals surface area contributed by atoms with E-state index in [0.29, 0.717) is 32.2 Å². The summed E-state index contributed by atoms with van der Waals surface area (Å²) < 4.78 is 0. The molecule has 0 spiro atoms. The van der Waals surface area contributed by atoms with Gasteiger partial charge in [-0.25, -0.2) is 4.79 Å². The smallest absolute Gasteiger partial charge is 0.328 e. The van der Waals surface area contributed by atoms with Crippen molar-refractivity contribution in [1.82, 2.24) is 15.1 Å². The van der Waals surface area contributed by atoms with Gasteiger partial charge < -0.3 is 36.2 Å². The lowest BCUT2D eigenvalue weighted by atomic mass is 10.1. The third kappa shape index (κ3) is 5.91. The normalized spacial score (nSPS) is 23.8. The maximum absolute atomic E-state index is 13.2. The lowest BCUT2D eigenvalue weighted by molar-refractivity contribution is -0.149. The van der Waals surface area contributed by atoms with E-state index in [9.17, 15) is 29.1 Å². The van der Waals surface area contributed by atoms with Gasteiger partial charge in [0.15, 0.2) is 6.04 Å². The Labute approximate surface area is 179 Å². The number of amides is 3. The van der Waals surface area contributed by atoms with Crippen molar-refractivity contribution in [1.29, 1.82) is 0 Å². The zero-order chi connectivity index (χ0) is 23.3. The summed E-state index contributed by atoms with van der Waals surface area (Å²) in [6.07, 6.45) is 0.214. The molecular formula is C19H30N4O8. The predicted octanol–water partition coefficient (Wildman–Crippen LogP) is -1.89. The minimum absolute atomic E-state index is 0.0454. The molecule has 2 fully saturated rings. The van der Waals surface area contributed by atoms with Crippen molar-refractivity contribution < 1.29 is 39.3 Å². The summed E-state index contributed by atoms with van der Waals surface area (Å²) in [5.74, 6) is -4.05. The number of aliphatic hydroxyl groups excluding tert-OH is 1. The van der Waals surface area contributed by atoms with Crippen molar-refractivity contribution in [3.05, 3.63) is 0 Å². The summed E-state index contributed by atoms with van der Waals surface area (Å²) in [7, 11) is 0. The van der Waals surface area contributed by atoms with Crippen LogP contribution in [0.25, 0.3) is 0 Å². The van der Waals surface area contributed by atoms with Crippen LogP contribution < -0.4 is 11.1 Å². The third-order valence-electron chi connectivity index (χ3n) is 5.69. The van der Waals surface area contributed by atoms with Gasteiger partial charge in [-0.2, -0.15) is 0 Å². The summed E-state index contributed by atoms with van der Waals surface area (Å²) in [6, 6.07) is -4.23. The van der Waals surface area contributed by atoms with E-state index in [0.717, 1.165) is 0 Å². The number of nitrogens with zero attached hydrogens (tertiary/aromatic N) is 2. The lowest BCUT2D eigenvalue weighted by Gasteiger charge is -2.32. The number of nitrogens with one attached hydrogen (secondary N) is 1. The van der Waals surface area contributed by atoms with Crippen LogP contribution in [0.2, 0.25) is 0 Å². The van der Waals surface area contributed by atoms with E-state index >= 15 is 0 Å². The predicted molar refractivity (Wildman–Crippen MR) is 106 cm³/mol. The third-order valence-corrected chi connectivity index (χ3v) is 5.69. The van der Waals surface area contributed by atoms with Gasteiger partial charge in [-0.3, -0.25) is 19.2 Å². The van der Waals surface area contributed by atoms with Gasteiger partial charge in [0, 0.05) is 19.5 Å². The molecule has 12 nitrogen and oxygen atoms in total. The number of hydrogen-bond donors (Lipinski definition) is 5. The van der Waals surface area contributed by atoms with Crippen molar-refractivity contribution >= 4 is 29.7 Å². The zero-order valence-electron chi connectivity index (χ0n) is 17.4. The molecule has 5 atom stereocenters. The first kappa shape index (κ1) is 24.5. The summed E-state index contributed by atoms with van der Waals surface area (Å²) in [6.45, 7) is 1.84. The number of likely N-dealkylation sites (tertiary alicyclic amines) is 2. The van der Waals surface area contributed by atoms with E-state index in [-0.39, 0.29) is 19.4 Å². The van der Waals surface area contributed by atoms with Crippen molar-refractivity contribution in [2.45, 2.75) is 75.7 Å². The van der Waals surface area contributed by atoms with E-state index in [2.05, 4.69) is 5.32 Å². The highest BCUT2D eigenvalue weighted by Crippen LogP contribution is 2.26. The molecule has 0 saturated carbocycles. The molecule has 174 valence electrons. The largest absolute Gasteiger partial charge is 0.481 e. The van der Waals surface area contributed by atoms with E-state index in [1.54, 1.807) is 0 Å². The average Bonchev–Trinajstić information content (AvgIpc) is 3.37.